The molecule has 5 heteroatoms. The van der Waals surface area contributed by atoms with Crippen LogP contribution in [0.1, 0.15) is 18.4 Å². The van der Waals surface area contributed by atoms with E-state index < -0.39 is 5.69 Å². The number of anilines is 2. The Balaban J connectivity index is 2.19. The van der Waals surface area contributed by atoms with Crippen molar-refractivity contribution in [3.63, 3.8) is 0 Å². The van der Waals surface area contributed by atoms with Crippen molar-refractivity contribution in [3.8, 4) is 0 Å². The first-order chi connectivity index (χ1) is 9.25. The molecule has 98 valence electrons. The number of hydrogen-bond donors (Lipinski definition) is 2. The van der Waals surface area contributed by atoms with E-state index in [0.717, 1.165) is 25.1 Å². The molecule has 2 heterocycles. The van der Waals surface area contributed by atoms with Gasteiger partial charge < -0.3 is 4.90 Å². The normalized spacial score (nSPS) is 14.8. The Morgan fingerprint density at radius 1 is 1.00 bits per heavy atom. The highest BCUT2D eigenvalue weighted by Gasteiger charge is 2.20. The maximum Gasteiger partial charge on any atom is 0.327 e. The minimum atomic E-state index is -0.452. The predicted octanol–water partition coefficient (Wildman–Crippen LogP) is 1.54. The highest BCUT2D eigenvalue weighted by Crippen LogP contribution is 2.27. The molecule has 19 heavy (non-hydrogen) atoms. The molecule has 1 aliphatic heterocycles. The van der Waals surface area contributed by atoms with Gasteiger partial charge in [-0.25, -0.2) is 4.79 Å². The van der Waals surface area contributed by atoms with Crippen molar-refractivity contribution in [2.24, 2.45) is 0 Å². The number of fused-ring (bicyclic) bond motifs is 1. The lowest BCUT2D eigenvalue weighted by Gasteiger charge is -2.23. The van der Waals surface area contributed by atoms with Gasteiger partial charge in [-0.2, -0.15) is 0 Å². The summed E-state index contributed by atoms with van der Waals surface area (Å²) >= 11 is 0. The molecule has 0 saturated carbocycles. The summed E-state index contributed by atoms with van der Waals surface area (Å²) in [4.78, 5) is 30.5. The molecule has 0 spiro atoms. The van der Waals surface area contributed by atoms with Gasteiger partial charge >= 0.3 is 5.69 Å². The van der Waals surface area contributed by atoms with Gasteiger partial charge in [-0.05, 0) is 31.4 Å². The van der Waals surface area contributed by atoms with E-state index in [1.54, 1.807) is 0 Å². The summed E-state index contributed by atoms with van der Waals surface area (Å²) in [5, 5.41) is 0. The van der Waals surface area contributed by atoms with Crippen LogP contribution in [0, 0.1) is 0 Å². The van der Waals surface area contributed by atoms with Crippen molar-refractivity contribution in [1.82, 2.24) is 9.97 Å². The van der Waals surface area contributed by atoms with Crippen LogP contribution in [0.4, 0.5) is 11.5 Å². The van der Waals surface area contributed by atoms with Gasteiger partial charge in [0, 0.05) is 12.2 Å². The molecule has 0 radical (unpaired) electrons. The number of aromatic amines is 2. The second-order valence-electron chi connectivity index (χ2n) is 4.68. The largest absolute Gasteiger partial charge is 0.327 e. The predicted molar refractivity (Wildman–Crippen MR) is 74.1 cm³/mol. The van der Waals surface area contributed by atoms with E-state index in [9.17, 15) is 9.59 Å². The second kappa shape index (κ2) is 4.76. The van der Waals surface area contributed by atoms with Gasteiger partial charge in [-0.1, -0.05) is 18.2 Å². The molecular formula is C14H15N3O2. The Bertz CT molecular complexity index is 688. The minimum Gasteiger partial charge on any atom is -0.327 e. The fraction of sp³-hybridized carbons (Fsp3) is 0.286. The van der Waals surface area contributed by atoms with Gasteiger partial charge in [0.05, 0.1) is 5.56 Å². The SMILES string of the molecule is O=c1[nH]c2c(c(=O)[nH]1)CCCCN2c1ccccc1. The van der Waals surface area contributed by atoms with Crippen LogP contribution in [0.25, 0.3) is 0 Å². The smallest absolute Gasteiger partial charge is 0.327 e. The fourth-order valence-electron chi connectivity index (χ4n) is 2.51. The Hall–Kier alpha value is -2.30. The summed E-state index contributed by atoms with van der Waals surface area (Å²) in [6.07, 6.45) is 2.64. The van der Waals surface area contributed by atoms with Crippen molar-refractivity contribution in [1.29, 1.82) is 0 Å². The quantitative estimate of drug-likeness (QED) is 0.814. The maximum absolute atomic E-state index is 11.9. The summed E-state index contributed by atoms with van der Waals surface area (Å²) < 4.78 is 0. The van der Waals surface area contributed by atoms with Gasteiger partial charge in [-0.15, -0.1) is 0 Å². The van der Waals surface area contributed by atoms with E-state index in [-0.39, 0.29) is 5.56 Å². The van der Waals surface area contributed by atoms with Crippen molar-refractivity contribution < 1.29 is 0 Å². The second-order valence-corrected chi connectivity index (χ2v) is 4.68. The molecule has 1 aromatic heterocycles. The van der Waals surface area contributed by atoms with E-state index in [2.05, 4.69) is 9.97 Å². The van der Waals surface area contributed by atoms with E-state index in [1.807, 2.05) is 35.2 Å². The van der Waals surface area contributed by atoms with Crippen LogP contribution in [-0.2, 0) is 6.42 Å². The number of rotatable bonds is 1. The van der Waals surface area contributed by atoms with E-state index in [0.29, 0.717) is 17.8 Å². The van der Waals surface area contributed by atoms with Crippen LogP contribution < -0.4 is 16.1 Å². The molecule has 0 amide bonds. The minimum absolute atomic E-state index is 0.276. The fourth-order valence-corrected chi connectivity index (χ4v) is 2.51. The zero-order valence-corrected chi connectivity index (χ0v) is 10.5. The zero-order chi connectivity index (χ0) is 13.2. The molecule has 5 nitrogen and oxygen atoms in total. The number of nitrogens with one attached hydrogen (secondary N) is 2. The number of para-hydroxylation sites is 1. The van der Waals surface area contributed by atoms with Crippen molar-refractivity contribution >= 4 is 11.5 Å². The maximum atomic E-state index is 11.9. The molecule has 0 bridgehead atoms. The number of aromatic nitrogens is 2. The number of nitrogens with zero attached hydrogens (tertiary/aromatic N) is 1. The highest BCUT2D eigenvalue weighted by atomic mass is 16.2. The molecule has 1 aromatic carbocycles. The Labute approximate surface area is 109 Å². The van der Waals surface area contributed by atoms with E-state index >= 15 is 0 Å². The Morgan fingerprint density at radius 3 is 2.58 bits per heavy atom. The third-order valence-electron chi connectivity index (χ3n) is 3.42. The molecule has 0 saturated heterocycles. The zero-order valence-electron chi connectivity index (χ0n) is 10.5. The third-order valence-corrected chi connectivity index (χ3v) is 3.42. The van der Waals surface area contributed by atoms with E-state index in [4.69, 9.17) is 0 Å². The van der Waals surface area contributed by atoms with Crippen LogP contribution in [0.2, 0.25) is 0 Å². The summed E-state index contributed by atoms with van der Waals surface area (Å²) in [6, 6.07) is 9.81. The number of benzene rings is 1. The summed E-state index contributed by atoms with van der Waals surface area (Å²) in [5.41, 5.74) is 0.931. The lowest BCUT2D eigenvalue weighted by Crippen LogP contribution is -2.30. The van der Waals surface area contributed by atoms with Crippen LogP contribution in [0.5, 0.6) is 0 Å². The van der Waals surface area contributed by atoms with Gasteiger partial charge in [0.15, 0.2) is 0 Å². The topological polar surface area (TPSA) is 69.0 Å². The van der Waals surface area contributed by atoms with Crippen LogP contribution in [0.15, 0.2) is 39.9 Å². The summed E-state index contributed by atoms with van der Waals surface area (Å²) in [7, 11) is 0. The van der Waals surface area contributed by atoms with Crippen molar-refractivity contribution in [2.45, 2.75) is 19.3 Å². The lowest BCUT2D eigenvalue weighted by atomic mass is 10.1. The summed E-state index contributed by atoms with van der Waals surface area (Å²) in [6.45, 7) is 0.802. The molecule has 0 aliphatic carbocycles. The lowest BCUT2D eigenvalue weighted by molar-refractivity contribution is 0.758. The first-order valence-electron chi connectivity index (χ1n) is 6.44. The molecule has 0 fully saturated rings. The average molecular weight is 257 g/mol. The van der Waals surface area contributed by atoms with Gasteiger partial charge in [0.1, 0.15) is 5.82 Å². The molecule has 0 unspecified atom stereocenters. The molecule has 2 aromatic rings. The molecule has 1 aliphatic rings. The highest BCUT2D eigenvalue weighted by molar-refractivity contribution is 5.62. The Kier molecular flexibility index (Phi) is 2.95. The molecule has 0 atom stereocenters. The van der Waals surface area contributed by atoms with Crippen LogP contribution >= 0.6 is 0 Å². The Morgan fingerprint density at radius 2 is 1.79 bits per heavy atom. The summed E-state index contributed by atoms with van der Waals surface area (Å²) in [5.74, 6) is 0.637. The van der Waals surface area contributed by atoms with Gasteiger partial charge in [-0.3, -0.25) is 14.8 Å². The molecular weight excluding hydrogens is 242 g/mol. The molecule has 2 N–H and O–H groups in total. The first kappa shape index (κ1) is 11.8. The number of hydrogen-bond acceptors (Lipinski definition) is 3. The molecule has 3 rings (SSSR count). The standard InChI is InChI=1S/C14H15N3O2/c18-13-11-8-4-5-9-17(10-6-2-1-3-7-10)12(11)15-14(19)16-13/h1-3,6-7H,4-5,8-9H2,(H2,15,16,18,19). The van der Waals surface area contributed by atoms with Gasteiger partial charge in [0.25, 0.3) is 5.56 Å². The third kappa shape index (κ3) is 2.19. The number of H-pyrrole nitrogens is 2. The van der Waals surface area contributed by atoms with Crippen molar-refractivity contribution in [3.05, 3.63) is 56.7 Å². The van der Waals surface area contributed by atoms with Crippen LogP contribution in [0.3, 0.4) is 0 Å². The average Bonchev–Trinajstić information content (AvgIpc) is 2.62. The monoisotopic (exact) mass is 257 g/mol. The van der Waals surface area contributed by atoms with Crippen molar-refractivity contribution in [2.75, 3.05) is 11.4 Å². The first-order valence-corrected chi connectivity index (χ1v) is 6.44. The van der Waals surface area contributed by atoms with E-state index in [1.165, 1.54) is 0 Å². The van der Waals surface area contributed by atoms with Crippen LogP contribution in [-0.4, -0.2) is 16.5 Å². The van der Waals surface area contributed by atoms with Gasteiger partial charge in [0.2, 0.25) is 0 Å².